The zero-order valence-corrected chi connectivity index (χ0v) is 21.0. The molecule has 2 aromatic carbocycles. The molecule has 35 heavy (non-hydrogen) atoms. The first-order valence-electron chi connectivity index (χ1n) is 11.1. The van der Waals surface area contributed by atoms with E-state index in [9.17, 15) is 14.7 Å². The van der Waals surface area contributed by atoms with E-state index < -0.39 is 12.6 Å². The van der Waals surface area contributed by atoms with Gasteiger partial charge in [-0.1, -0.05) is 45.0 Å². The molecule has 0 atom stereocenters. The van der Waals surface area contributed by atoms with Gasteiger partial charge in [-0.3, -0.25) is 4.79 Å². The number of rotatable bonds is 10. The summed E-state index contributed by atoms with van der Waals surface area (Å²) in [5, 5.41) is 22.7. The molecule has 0 bridgehead atoms. The third-order valence-electron chi connectivity index (χ3n) is 5.09. The number of thioether (sulfide) groups is 1. The molecule has 0 unspecified atom stereocenters. The maximum atomic E-state index is 12.3. The van der Waals surface area contributed by atoms with Crippen molar-refractivity contribution in [2.45, 2.75) is 44.8 Å². The average Bonchev–Trinajstić information content (AvgIpc) is 3.24. The van der Waals surface area contributed by atoms with Crippen LogP contribution in [0.5, 0.6) is 5.75 Å². The predicted molar refractivity (Wildman–Crippen MR) is 132 cm³/mol. The fourth-order valence-electron chi connectivity index (χ4n) is 3.26. The molecule has 0 saturated heterocycles. The first kappa shape index (κ1) is 26.0. The molecule has 184 valence electrons. The molecule has 3 aromatic rings. The lowest BCUT2D eigenvalue weighted by Crippen LogP contribution is -2.36. The second-order valence-electron chi connectivity index (χ2n) is 8.71. The van der Waals surface area contributed by atoms with E-state index in [4.69, 9.17) is 4.74 Å². The summed E-state index contributed by atoms with van der Waals surface area (Å²) in [5.41, 5.74) is 5.35. The monoisotopic (exact) mass is 495 g/mol. The van der Waals surface area contributed by atoms with Crippen LogP contribution in [-0.2, 0) is 21.5 Å². The number of aliphatic carboxylic acids is 1. The number of hydrogen-bond donors (Lipinski definition) is 2. The summed E-state index contributed by atoms with van der Waals surface area (Å²) in [6.45, 7) is 8.68. The summed E-state index contributed by atoms with van der Waals surface area (Å²) < 4.78 is 7.19. The maximum absolute atomic E-state index is 12.3. The number of para-hydroxylation sites is 1. The zero-order valence-electron chi connectivity index (χ0n) is 20.2. The van der Waals surface area contributed by atoms with Crippen molar-refractivity contribution in [1.29, 1.82) is 0 Å². The van der Waals surface area contributed by atoms with Crippen LogP contribution in [0.15, 0.2) is 58.8 Å². The van der Waals surface area contributed by atoms with Gasteiger partial charge in [0.05, 0.1) is 35.1 Å². The van der Waals surface area contributed by atoms with Crippen LogP contribution in [0.4, 0.5) is 0 Å². The molecule has 9 nitrogen and oxygen atoms in total. The number of benzene rings is 2. The molecule has 2 N–H and O–H groups in total. The van der Waals surface area contributed by atoms with Gasteiger partial charge < -0.3 is 14.6 Å². The molecule has 1 amide bonds. The summed E-state index contributed by atoms with van der Waals surface area (Å²) in [6, 6.07) is 15.1. The summed E-state index contributed by atoms with van der Waals surface area (Å²) in [5.74, 6) is -0.307. The fraction of sp³-hybridized carbons (Fsp3) is 0.320. The minimum Gasteiger partial charge on any atom is -0.546 e. The number of carbonyl (C=O) groups is 2. The smallest absolute Gasteiger partial charge is 0.337 e. The molecule has 3 rings (SSSR count). The van der Waals surface area contributed by atoms with Crippen LogP contribution in [-0.4, -0.2) is 40.6 Å². The van der Waals surface area contributed by atoms with Gasteiger partial charge in [-0.25, -0.2) is 9.99 Å². The van der Waals surface area contributed by atoms with Gasteiger partial charge in [0, 0.05) is 5.56 Å². The number of carboxylic acid groups (broad SMARTS) is 1. The first-order valence-corrected chi connectivity index (χ1v) is 12.1. The fourth-order valence-corrected chi connectivity index (χ4v) is 4.07. The largest absolute Gasteiger partial charge is 0.546 e. The molecule has 0 radical (unpaired) electrons. The van der Waals surface area contributed by atoms with Crippen LogP contribution < -0.4 is 19.8 Å². The number of nitrogens with one attached hydrogen (secondary N) is 2. The Kier molecular flexibility index (Phi) is 8.64. The van der Waals surface area contributed by atoms with Crippen molar-refractivity contribution in [3.8, 4) is 17.1 Å². The van der Waals surface area contributed by atoms with Crippen LogP contribution >= 0.6 is 11.8 Å². The van der Waals surface area contributed by atoms with Crippen molar-refractivity contribution in [2.24, 2.45) is 5.10 Å². The second-order valence-corrected chi connectivity index (χ2v) is 9.65. The lowest BCUT2D eigenvalue weighted by atomic mass is 9.87. The quantitative estimate of drug-likeness (QED) is 0.192. The van der Waals surface area contributed by atoms with E-state index in [1.54, 1.807) is 24.3 Å². The summed E-state index contributed by atoms with van der Waals surface area (Å²) >= 11 is 1.30. The molecule has 1 heterocycles. The van der Waals surface area contributed by atoms with E-state index in [0.29, 0.717) is 23.0 Å². The predicted octanol–water partition coefficient (Wildman–Crippen LogP) is 2.05. The van der Waals surface area contributed by atoms with Crippen LogP contribution in [0.3, 0.4) is 0 Å². The lowest BCUT2D eigenvalue weighted by Gasteiger charge is -2.18. The number of amides is 1. The van der Waals surface area contributed by atoms with Crippen molar-refractivity contribution in [2.75, 3.05) is 12.4 Å². The highest BCUT2D eigenvalue weighted by Crippen LogP contribution is 2.25. The highest BCUT2D eigenvalue weighted by molar-refractivity contribution is 7.99. The molecular formula is C25H29N5O4S. The number of carbonyl (C=O) groups excluding carboxylic acids is 2. The van der Waals surface area contributed by atoms with Crippen molar-refractivity contribution >= 4 is 29.9 Å². The summed E-state index contributed by atoms with van der Waals surface area (Å²) in [4.78, 5) is 22.9. The van der Waals surface area contributed by atoms with Crippen molar-refractivity contribution in [3.05, 3.63) is 59.7 Å². The molecule has 0 aliphatic carbocycles. The van der Waals surface area contributed by atoms with E-state index >= 15 is 0 Å². The van der Waals surface area contributed by atoms with Crippen molar-refractivity contribution in [1.82, 2.24) is 15.6 Å². The lowest BCUT2D eigenvalue weighted by molar-refractivity contribution is -0.719. The van der Waals surface area contributed by atoms with Crippen LogP contribution in [0.2, 0.25) is 0 Å². The van der Waals surface area contributed by atoms with E-state index in [1.807, 2.05) is 11.5 Å². The van der Waals surface area contributed by atoms with Crippen LogP contribution in [0, 0.1) is 0 Å². The molecule has 0 saturated carbocycles. The summed E-state index contributed by atoms with van der Waals surface area (Å²) in [7, 11) is 0. The number of carboxylic acids is 1. The minimum absolute atomic E-state index is 0.0785. The van der Waals surface area contributed by atoms with Crippen molar-refractivity contribution < 1.29 is 24.0 Å². The molecule has 0 fully saturated rings. The van der Waals surface area contributed by atoms with E-state index in [1.165, 1.54) is 23.5 Å². The van der Waals surface area contributed by atoms with E-state index in [2.05, 4.69) is 65.8 Å². The average molecular weight is 496 g/mol. The Morgan fingerprint density at radius 2 is 1.91 bits per heavy atom. The van der Waals surface area contributed by atoms with Gasteiger partial charge in [-0.2, -0.15) is 5.10 Å². The van der Waals surface area contributed by atoms with Gasteiger partial charge in [0.2, 0.25) is 0 Å². The summed E-state index contributed by atoms with van der Waals surface area (Å²) in [6.07, 6.45) is 1.40. The normalized spacial score (nSPS) is 11.5. The number of H-pyrrole nitrogens is 1. The molecule has 10 heteroatoms. The Labute approximate surface area is 208 Å². The SMILES string of the molecule is CC[n+]1c(SCC(=O)NN=Cc2ccccc2OCC(=O)[O-])n[nH]c1-c1ccc(C(C)(C)C)cc1. The highest BCUT2D eigenvalue weighted by atomic mass is 32.2. The Morgan fingerprint density at radius 3 is 2.57 bits per heavy atom. The maximum Gasteiger partial charge on any atom is 0.337 e. The van der Waals surface area contributed by atoms with Gasteiger partial charge in [-0.05, 0) is 53.9 Å². The van der Waals surface area contributed by atoms with Gasteiger partial charge >= 0.3 is 5.16 Å². The molecule has 0 aliphatic heterocycles. The Hall–Kier alpha value is -3.66. The Morgan fingerprint density at radius 1 is 1.20 bits per heavy atom. The first-order chi connectivity index (χ1) is 16.7. The second kappa shape index (κ2) is 11.7. The van der Waals surface area contributed by atoms with Gasteiger partial charge in [0.25, 0.3) is 11.7 Å². The number of aromatic nitrogens is 3. The highest BCUT2D eigenvalue weighted by Gasteiger charge is 2.22. The van der Waals surface area contributed by atoms with Gasteiger partial charge in [0.15, 0.2) is 0 Å². The number of hydrazone groups is 1. The third kappa shape index (κ3) is 7.16. The van der Waals surface area contributed by atoms with Crippen LogP contribution in [0.1, 0.15) is 38.8 Å². The topological polar surface area (TPSA) is 123 Å². The molecule has 0 aliphatic rings. The molecule has 0 spiro atoms. The van der Waals surface area contributed by atoms with Crippen LogP contribution in [0.25, 0.3) is 11.4 Å². The molecule has 1 aromatic heterocycles. The number of hydrogen-bond acceptors (Lipinski definition) is 7. The third-order valence-corrected chi connectivity index (χ3v) is 6.07. The number of aromatic amines is 1. The Bertz CT molecular complexity index is 1200. The Balaban J connectivity index is 1.60. The van der Waals surface area contributed by atoms with E-state index in [0.717, 1.165) is 11.4 Å². The zero-order chi connectivity index (χ0) is 25.4. The number of nitrogens with zero attached hydrogens (tertiary/aromatic N) is 3. The standard InChI is InChI=1S/C25H29N5O4S/c1-5-30-23(17-10-12-19(13-11-17)25(2,3)4)28-29-24(30)35-16-21(31)27-26-14-18-8-6-7-9-20(18)34-15-22(32)33/h6-14H,5,15-16H2,1-4H3,(H2,27,31,32,33). The van der Waals surface area contributed by atoms with Gasteiger partial charge in [-0.15, -0.1) is 5.10 Å². The van der Waals surface area contributed by atoms with E-state index in [-0.39, 0.29) is 17.1 Å². The number of ether oxygens (including phenoxy) is 1. The van der Waals surface area contributed by atoms with Gasteiger partial charge in [0.1, 0.15) is 12.4 Å². The van der Waals surface area contributed by atoms with Crippen molar-refractivity contribution in [3.63, 3.8) is 0 Å². The minimum atomic E-state index is -1.32. The molecular weight excluding hydrogens is 466 g/mol.